The lowest BCUT2D eigenvalue weighted by molar-refractivity contribution is 0.122. The van der Waals surface area contributed by atoms with Gasteiger partial charge in [0, 0.05) is 18.7 Å². The first-order chi connectivity index (χ1) is 7.85. The van der Waals surface area contributed by atoms with Gasteiger partial charge in [-0.25, -0.2) is 17.5 Å². The van der Waals surface area contributed by atoms with Crippen LogP contribution in [0.25, 0.3) is 0 Å². The molecule has 0 aliphatic rings. The number of ether oxygens (including phenoxy) is 1. The van der Waals surface area contributed by atoms with Crippen LogP contribution in [0.4, 0.5) is 4.39 Å². The zero-order valence-electron chi connectivity index (χ0n) is 9.41. The van der Waals surface area contributed by atoms with Crippen molar-refractivity contribution in [3.05, 3.63) is 29.0 Å². The summed E-state index contributed by atoms with van der Waals surface area (Å²) in [6.07, 6.45) is -0.270. The molecule has 1 aromatic rings. The summed E-state index contributed by atoms with van der Waals surface area (Å²) >= 11 is 5.59. The number of nitrogens with one attached hydrogen (secondary N) is 1. The molecule has 0 saturated carbocycles. The molecule has 0 fully saturated rings. The van der Waals surface area contributed by atoms with Crippen molar-refractivity contribution in [2.75, 3.05) is 13.7 Å². The Morgan fingerprint density at radius 3 is 2.65 bits per heavy atom. The van der Waals surface area contributed by atoms with Gasteiger partial charge in [-0.2, -0.15) is 0 Å². The monoisotopic (exact) mass is 281 g/mol. The Kier molecular flexibility index (Phi) is 4.88. The minimum Gasteiger partial charge on any atom is -0.380 e. The van der Waals surface area contributed by atoms with E-state index in [1.165, 1.54) is 13.2 Å². The number of hydrogen-bond donors (Lipinski definition) is 1. The fourth-order valence-corrected chi connectivity index (χ4v) is 2.53. The molecule has 0 amide bonds. The molecule has 1 unspecified atom stereocenters. The van der Waals surface area contributed by atoms with Crippen molar-refractivity contribution in [2.24, 2.45) is 0 Å². The molecule has 96 valence electrons. The van der Waals surface area contributed by atoms with E-state index >= 15 is 0 Å². The van der Waals surface area contributed by atoms with Gasteiger partial charge < -0.3 is 4.74 Å². The molecule has 1 N–H and O–H groups in total. The van der Waals surface area contributed by atoms with Gasteiger partial charge in [0.15, 0.2) is 0 Å². The first kappa shape index (κ1) is 14.4. The van der Waals surface area contributed by atoms with Crippen LogP contribution < -0.4 is 4.72 Å². The highest BCUT2D eigenvalue weighted by atomic mass is 35.5. The van der Waals surface area contributed by atoms with Crippen molar-refractivity contribution in [1.29, 1.82) is 0 Å². The van der Waals surface area contributed by atoms with Gasteiger partial charge in [-0.15, -0.1) is 0 Å². The van der Waals surface area contributed by atoms with E-state index in [1.807, 2.05) is 0 Å². The molecule has 4 nitrogen and oxygen atoms in total. The predicted octanol–water partition coefficient (Wildman–Crippen LogP) is 1.79. The van der Waals surface area contributed by atoms with E-state index in [1.54, 1.807) is 6.92 Å². The van der Waals surface area contributed by atoms with Crippen LogP contribution in [0, 0.1) is 5.82 Å². The molecular weight excluding hydrogens is 269 g/mol. The Labute approximate surface area is 105 Å². The van der Waals surface area contributed by atoms with Gasteiger partial charge in [-0.1, -0.05) is 11.6 Å². The molecule has 0 aliphatic heterocycles. The van der Waals surface area contributed by atoms with Gasteiger partial charge in [0.25, 0.3) is 0 Å². The first-order valence-electron chi connectivity index (χ1n) is 4.83. The zero-order valence-corrected chi connectivity index (χ0v) is 11.0. The third-order valence-electron chi connectivity index (χ3n) is 2.11. The van der Waals surface area contributed by atoms with E-state index in [9.17, 15) is 12.8 Å². The standard InChI is InChI=1S/C10H13ClFNO3S/c1-7(16-2)6-13-17(14,15)10-4-8(11)3-9(12)5-10/h3-5,7,13H,6H2,1-2H3. The maximum Gasteiger partial charge on any atom is 0.240 e. The molecule has 0 saturated heterocycles. The van der Waals surface area contributed by atoms with Gasteiger partial charge >= 0.3 is 0 Å². The third-order valence-corrected chi connectivity index (χ3v) is 3.73. The smallest absolute Gasteiger partial charge is 0.240 e. The van der Waals surface area contributed by atoms with Crippen molar-refractivity contribution >= 4 is 21.6 Å². The fourth-order valence-electron chi connectivity index (χ4n) is 1.08. The summed E-state index contributed by atoms with van der Waals surface area (Å²) in [6, 6.07) is 3.13. The molecule has 0 aromatic heterocycles. The highest BCUT2D eigenvalue weighted by molar-refractivity contribution is 7.89. The zero-order chi connectivity index (χ0) is 13.1. The van der Waals surface area contributed by atoms with E-state index in [2.05, 4.69) is 4.72 Å². The van der Waals surface area contributed by atoms with Crippen LogP contribution in [0.1, 0.15) is 6.92 Å². The van der Waals surface area contributed by atoms with Gasteiger partial charge in [-0.3, -0.25) is 0 Å². The Balaban J connectivity index is 2.89. The Bertz CT molecular complexity index is 472. The first-order valence-corrected chi connectivity index (χ1v) is 6.70. The molecule has 0 bridgehead atoms. The van der Waals surface area contributed by atoms with Crippen LogP contribution in [-0.2, 0) is 14.8 Å². The molecule has 7 heteroatoms. The summed E-state index contributed by atoms with van der Waals surface area (Å²) in [5.74, 6) is -0.697. The number of halogens is 2. The summed E-state index contributed by atoms with van der Waals surface area (Å²) in [4.78, 5) is -0.203. The van der Waals surface area contributed by atoms with Crippen molar-refractivity contribution in [3.63, 3.8) is 0 Å². The number of methoxy groups -OCH3 is 1. The molecule has 0 aliphatic carbocycles. The summed E-state index contributed by atoms with van der Waals surface area (Å²) in [6.45, 7) is 1.81. The maximum absolute atomic E-state index is 13.0. The van der Waals surface area contributed by atoms with Crippen LogP contribution in [0.3, 0.4) is 0 Å². The average molecular weight is 282 g/mol. The average Bonchev–Trinajstić information content (AvgIpc) is 2.24. The lowest BCUT2D eigenvalue weighted by atomic mass is 10.3. The molecule has 1 atom stereocenters. The van der Waals surface area contributed by atoms with Crippen LogP contribution in [0.2, 0.25) is 5.02 Å². The molecule has 0 radical (unpaired) electrons. The van der Waals surface area contributed by atoms with E-state index in [-0.39, 0.29) is 22.6 Å². The Hall–Kier alpha value is -0.690. The quantitative estimate of drug-likeness (QED) is 0.895. The largest absolute Gasteiger partial charge is 0.380 e. The predicted molar refractivity (Wildman–Crippen MR) is 63.1 cm³/mol. The lowest BCUT2D eigenvalue weighted by Crippen LogP contribution is -2.31. The number of hydrogen-bond acceptors (Lipinski definition) is 3. The van der Waals surface area contributed by atoms with Crippen molar-refractivity contribution in [1.82, 2.24) is 4.72 Å². The summed E-state index contributed by atoms with van der Waals surface area (Å²) in [5, 5.41) is 0.0326. The van der Waals surface area contributed by atoms with Crippen molar-refractivity contribution < 1.29 is 17.5 Å². The summed E-state index contributed by atoms with van der Waals surface area (Å²) in [7, 11) is -2.29. The van der Waals surface area contributed by atoms with Gasteiger partial charge in [-0.05, 0) is 25.1 Å². The van der Waals surface area contributed by atoms with Crippen LogP contribution in [-0.4, -0.2) is 28.2 Å². The Morgan fingerprint density at radius 2 is 2.12 bits per heavy atom. The normalized spacial score (nSPS) is 13.6. The van der Waals surface area contributed by atoms with Crippen LogP contribution in [0.15, 0.2) is 23.1 Å². The van der Waals surface area contributed by atoms with Crippen molar-refractivity contribution in [2.45, 2.75) is 17.9 Å². The van der Waals surface area contributed by atoms with E-state index in [4.69, 9.17) is 16.3 Å². The van der Waals surface area contributed by atoms with E-state index < -0.39 is 15.8 Å². The molecular formula is C10H13ClFNO3S. The second-order valence-corrected chi connectivity index (χ2v) is 5.71. The molecule has 0 heterocycles. The number of sulfonamides is 1. The minimum atomic E-state index is -3.76. The highest BCUT2D eigenvalue weighted by Crippen LogP contribution is 2.17. The molecule has 17 heavy (non-hydrogen) atoms. The molecule has 1 aromatic carbocycles. The van der Waals surface area contributed by atoms with Crippen LogP contribution >= 0.6 is 11.6 Å². The van der Waals surface area contributed by atoms with Crippen molar-refractivity contribution in [3.8, 4) is 0 Å². The second kappa shape index (κ2) is 5.77. The van der Waals surface area contributed by atoms with E-state index in [0.717, 1.165) is 12.1 Å². The Morgan fingerprint density at radius 1 is 1.47 bits per heavy atom. The summed E-state index contributed by atoms with van der Waals surface area (Å²) < 4.78 is 43.8. The molecule has 1 rings (SSSR count). The minimum absolute atomic E-state index is 0.0326. The lowest BCUT2D eigenvalue weighted by Gasteiger charge is -2.11. The van der Waals surface area contributed by atoms with Gasteiger partial charge in [0.05, 0.1) is 11.0 Å². The van der Waals surface area contributed by atoms with Crippen LogP contribution in [0.5, 0.6) is 0 Å². The summed E-state index contributed by atoms with van der Waals surface area (Å²) in [5.41, 5.74) is 0. The van der Waals surface area contributed by atoms with Gasteiger partial charge in [0.1, 0.15) is 5.82 Å². The highest BCUT2D eigenvalue weighted by Gasteiger charge is 2.16. The molecule has 0 spiro atoms. The SMILES string of the molecule is COC(C)CNS(=O)(=O)c1cc(F)cc(Cl)c1. The number of rotatable bonds is 5. The maximum atomic E-state index is 13.0. The second-order valence-electron chi connectivity index (χ2n) is 3.50. The number of benzene rings is 1. The fraction of sp³-hybridized carbons (Fsp3) is 0.400. The van der Waals surface area contributed by atoms with E-state index in [0.29, 0.717) is 0 Å². The topological polar surface area (TPSA) is 55.4 Å². The third kappa shape index (κ3) is 4.23. The van der Waals surface area contributed by atoms with Gasteiger partial charge in [0.2, 0.25) is 10.0 Å².